The van der Waals surface area contributed by atoms with Crippen molar-refractivity contribution in [3.05, 3.63) is 53.6 Å². The molecule has 2 aromatic rings. The molecule has 0 aliphatic carbocycles. The van der Waals surface area contributed by atoms with Crippen LogP contribution in [0, 0.1) is 0 Å². The zero-order valence-electron chi connectivity index (χ0n) is 14.0. The van der Waals surface area contributed by atoms with E-state index in [0.29, 0.717) is 12.3 Å². The van der Waals surface area contributed by atoms with Crippen LogP contribution in [0.5, 0.6) is 11.5 Å². The summed E-state index contributed by atoms with van der Waals surface area (Å²) in [5.74, 6) is 1.67. The molecule has 2 aromatic carbocycles. The average molecular weight is 314 g/mol. The lowest BCUT2D eigenvalue weighted by Gasteiger charge is -2.09. The Hall–Kier alpha value is -2.20. The summed E-state index contributed by atoms with van der Waals surface area (Å²) >= 11 is 0. The highest BCUT2D eigenvalue weighted by Gasteiger charge is 2.01. The molecule has 0 radical (unpaired) electrons. The van der Waals surface area contributed by atoms with Gasteiger partial charge in [0.25, 0.3) is 0 Å². The Kier molecular flexibility index (Phi) is 6.76. The van der Waals surface area contributed by atoms with Gasteiger partial charge in [-0.15, -0.1) is 0 Å². The molecule has 0 aliphatic heterocycles. The fourth-order valence-electron chi connectivity index (χ4n) is 2.42. The van der Waals surface area contributed by atoms with Crippen LogP contribution in [0.15, 0.2) is 42.5 Å². The van der Waals surface area contributed by atoms with Gasteiger partial charge in [0.05, 0.1) is 19.4 Å². The first-order valence-corrected chi connectivity index (χ1v) is 8.07. The number of ether oxygens (including phenoxy) is 2. The Labute approximate surface area is 138 Å². The summed E-state index contributed by atoms with van der Waals surface area (Å²) in [6, 6.07) is 14.2. The van der Waals surface area contributed by atoms with Gasteiger partial charge in [0.2, 0.25) is 0 Å². The Balaban J connectivity index is 1.69. The van der Waals surface area contributed by atoms with E-state index in [9.17, 15) is 0 Å². The van der Waals surface area contributed by atoms with Crippen LogP contribution in [0.25, 0.3) is 0 Å². The topological polar surface area (TPSA) is 56.5 Å². The molecule has 0 spiro atoms. The third-order valence-electron chi connectivity index (χ3n) is 3.71. The molecular weight excluding hydrogens is 288 g/mol. The van der Waals surface area contributed by atoms with Crippen LogP contribution in [0.2, 0.25) is 0 Å². The van der Waals surface area contributed by atoms with Crippen LogP contribution in [0.4, 0.5) is 5.69 Å². The van der Waals surface area contributed by atoms with Gasteiger partial charge in [-0.2, -0.15) is 0 Å². The van der Waals surface area contributed by atoms with Gasteiger partial charge in [0.15, 0.2) is 0 Å². The predicted octanol–water partition coefficient (Wildman–Crippen LogP) is 3.05. The van der Waals surface area contributed by atoms with E-state index in [0.717, 1.165) is 37.4 Å². The zero-order valence-corrected chi connectivity index (χ0v) is 14.0. The molecule has 23 heavy (non-hydrogen) atoms. The van der Waals surface area contributed by atoms with Crippen molar-refractivity contribution < 1.29 is 9.47 Å². The van der Waals surface area contributed by atoms with Crippen molar-refractivity contribution in [1.82, 2.24) is 5.32 Å². The van der Waals surface area contributed by atoms with E-state index in [1.165, 1.54) is 11.1 Å². The minimum atomic E-state index is 0.635. The second-order valence-corrected chi connectivity index (χ2v) is 5.40. The number of nitrogens with two attached hydrogens (primary N) is 1. The zero-order chi connectivity index (χ0) is 16.5. The van der Waals surface area contributed by atoms with Crippen LogP contribution in [-0.2, 0) is 12.8 Å². The quantitative estimate of drug-likeness (QED) is 0.552. The van der Waals surface area contributed by atoms with Crippen molar-refractivity contribution in [3.8, 4) is 11.5 Å². The van der Waals surface area contributed by atoms with Gasteiger partial charge in [0.1, 0.15) is 11.5 Å². The Morgan fingerprint density at radius 2 is 1.61 bits per heavy atom. The van der Waals surface area contributed by atoms with E-state index >= 15 is 0 Å². The van der Waals surface area contributed by atoms with Gasteiger partial charge in [-0.3, -0.25) is 0 Å². The van der Waals surface area contributed by atoms with Crippen LogP contribution in [-0.4, -0.2) is 26.8 Å². The van der Waals surface area contributed by atoms with Crippen molar-refractivity contribution in [2.24, 2.45) is 0 Å². The summed E-state index contributed by atoms with van der Waals surface area (Å²) < 4.78 is 10.6. The second-order valence-electron chi connectivity index (χ2n) is 5.40. The molecule has 0 bridgehead atoms. The number of anilines is 1. The highest BCUT2D eigenvalue weighted by molar-refractivity contribution is 5.54. The molecule has 0 amide bonds. The first-order chi connectivity index (χ1) is 11.2. The fourth-order valence-corrected chi connectivity index (χ4v) is 2.42. The van der Waals surface area contributed by atoms with Gasteiger partial charge in [-0.1, -0.05) is 18.2 Å². The maximum Gasteiger partial charge on any atom is 0.142 e. The van der Waals surface area contributed by atoms with E-state index in [1.807, 2.05) is 31.2 Å². The lowest BCUT2D eigenvalue weighted by molar-refractivity contribution is 0.342. The number of nitrogen functional groups attached to an aromatic ring is 1. The third-order valence-corrected chi connectivity index (χ3v) is 3.71. The maximum absolute atomic E-state index is 5.98. The van der Waals surface area contributed by atoms with Crippen molar-refractivity contribution in [2.45, 2.75) is 19.8 Å². The molecule has 0 fully saturated rings. The molecular formula is C19H26N2O2. The van der Waals surface area contributed by atoms with Gasteiger partial charge in [-0.05, 0) is 68.2 Å². The average Bonchev–Trinajstić information content (AvgIpc) is 2.57. The molecule has 3 N–H and O–H groups in total. The summed E-state index contributed by atoms with van der Waals surface area (Å²) in [4.78, 5) is 0. The van der Waals surface area contributed by atoms with E-state index < -0.39 is 0 Å². The molecule has 0 aliphatic rings. The van der Waals surface area contributed by atoms with Gasteiger partial charge < -0.3 is 20.5 Å². The first kappa shape index (κ1) is 17.2. The molecule has 0 atom stereocenters. The second kappa shape index (κ2) is 9.06. The standard InChI is InChI=1S/C19H26N2O2/c1-3-23-19-9-6-16(14-18(19)20)11-13-21-12-10-15-4-7-17(22-2)8-5-15/h4-9,14,21H,3,10-13,20H2,1-2H3. The summed E-state index contributed by atoms with van der Waals surface area (Å²) in [7, 11) is 1.68. The maximum atomic E-state index is 5.98. The Morgan fingerprint density at radius 1 is 0.957 bits per heavy atom. The van der Waals surface area contributed by atoms with E-state index in [1.54, 1.807) is 7.11 Å². The fraction of sp³-hybridized carbons (Fsp3) is 0.368. The number of hydrogen-bond acceptors (Lipinski definition) is 4. The van der Waals surface area contributed by atoms with Gasteiger partial charge in [-0.25, -0.2) is 0 Å². The minimum Gasteiger partial charge on any atom is -0.497 e. The molecule has 0 unspecified atom stereocenters. The number of hydrogen-bond donors (Lipinski definition) is 2. The number of methoxy groups -OCH3 is 1. The summed E-state index contributed by atoms with van der Waals surface area (Å²) in [6.45, 7) is 4.49. The molecule has 4 heteroatoms. The molecule has 124 valence electrons. The van der Waals surface area contributed by atoms with Crippen molar-refractivity contribution in [2.75, 3.05) is 32.5 Å². The summed E-state index contributed by atoms with van der Waals surface area (Å²) in [5, 5.41) is 3.47. The third kappa shape index (κ3) is 5.49. The van der Waals surface area contributed by atoms with E-state index in [-0.39, 0.29) is 0 Å². The van der Waals surface area contributed by atoms with Crippen LogP contribution < -0.4 is 20.5 Å². The normalized spacial score (nSPS) is 10.5. The molecule has 4 nitrogen and oxygen atoms in total. The summed E-state index contributed by atoms with van der Waals surface area (Å²) in [5.41, 5.74) is 9.23. The Morgan fingerprint density at radius 3 is 2.22 bits per heavy atom. The van der Waals surface area contributed by atoms with Crippen molar-refractivity contribution >= 4 is 5.69 Å². The van der Waals surface area contributed by atoms with Gasteiger partial charge >= 0.3 is 0 Å². The highest BCUT2D eigenvalue weighted by Crippen LogP contribution is 2.22. The van der Waals surface area contributed by atoms with E-state index in [2.05, 4.69) is 23.5 Å². The predicted molar refractivity (Wildman–Crippen MR) is 95.3 cm³/mol. The SMILES string of the molecule is CCOc1ccc(CCNCCc2ccc(OC)cc2)cc1N. The van der Waals surface area contributed by atoms with Crippen molar-refractivity contribution in [3.63, 3.8) is 0 Å². The molecule has 0 aromatic heterocycles. The summed E-state index contributed by atoms with van der Waals surface area (Å²) in [6.07, 6.45) is 1.97. The Bertz CT molecular complexity index is 597. The first-order valence-electron chi connectivity index (χ1n) is 8.07. The molecule has 0 saturated heterocycles. The minimum absolute atomic E-state index is 0.635. The molecule has 0 saturated carbocycles. The lowest BCUT2D eigenvalue weighted by Crippen LogP contribution is -2.20. The molecule has 2 rings (SSSR count). The lowest BCUT2D eigenvalue weighted by atomic mass is 10.1. The van der Waals surface area contributed by atoms with Crippen molar-refractivity contribution in [1.29, 1.82) is 0 Å². The monoisotopic (exact) mass is 314 g/mol. The van der Waals surface area contributed by atoms with Crippen LogP contribution in [0.3, 0.4) is 0 Å². The highest BCUT2D eigenvalue weighted by atomic mass is 16.5. The van der Waals surface area contributed by atoms with Gasteiger partial charge in [0, 0.05) is 0 Å². The van der Waals surface area contributed by atoms with E-state index in [4.69, 9.17) is 15.2 Å². The number of rotatable bonds is 9. The van der Waals surface area contributed by atoms with Crippen LogP contribution >= 0.6 is 0 Å². The number of benzene rings is 2. The van der Waals surface area contributed by atoms with Crippen LogP contribution in [0.1, 0.15) is 18.1 Å². The smallest absolute Gasteiger partial charge is 0.142 e. The molecule has 0 heterocycles. The number of nitrogens with one attached hydrogen (secondary N) is 1. The largest absolute Gasteiger partial charge is 0.497 e.